The highest BCUT2D eigenvalue weighted by Gasteiger charge is 2.28. The Labute approximate surface area is 87.4 Å². The number of hydrogen-bond acceptors (Lipinski definition) is 4. The summed E-state index contributed by atoms with van der Waals surface area (Å²) in [6.07, 6.45) is 1.60. The van der Waals surface area contributed by atoms with Crippen molar-refractivity contribution in [2.24, 2.45) is 5.10 Å². The van der Waals surface area contributed by atoms with Gasteiger partial charge in [0.1, 0.15) is 5.71 Å². The largest absolute Gasteiger partial charge is 0.293 e. The Morgan fingerprint density at radius 3 is 2.87 bits per heavy atom. The van der Waals surface area contributed by atoms with E-state index < -0.39 is 0 Å². The van der Waals surface area contributed by atoms with Crippen LogP contribution in [0, 0.1) is 0 Å². The summed E-state index contributed by atoms with van der Waals surface area (Å²) in [6.45, 7) is 1.18. The summed E-state index contributed by atoms with van der Waals surface area (Å²) >= 11 is 0. The maximum Gasteiger partial charge on any atom is 0.293 e. The van der Waals surface area contributed by atoms with E-state index in [0.717, 1.165) is 6.42 Å². The van der Waals surface area contributed by atoms with Gasteiger partial charge in [-0.1, -0.05) is 0 Å². The Balaban J connectivity index is 2.07. The smallest absolute Gasteiger partial charge is 0.273 e. The van der Waals surface area contributed by atoms with Crippen LogP contribution in [0.5, 0.6) is 0 Å². The second-order valence-electron chi connectivity index (χ2n) is 3.56. The fraction of sp³-hybridized carbons (Fsp3) is 0.667. The summed E-state index contributed by atoms with van der Waals surface area (Å²) in [7, 11) is 1.56. The van der Waals surface area contributed by atoms with Gasteiger partial charge < -0.3 is 0 Å². The van der Waals surface area contributed by atoms with Crippen molar-refractivity contribution in [1.29, 1.82) is 0 Å². The third-order valence-electron chi connectivity index (χ3n) is 2.43. The van der Waals surface area contributed by atoms with E-state index in [-0.39, 0.29) is 11.8 Å². The normalized spacial score (nSPS) is 21.9. The van der Waals surface area contributed by atoms with Gasteiger partial charge in [-0.25, -0.2) is 10.1 Å². The van der Waals surface area contributed by atoms with E-state index in [4.69, 9.17) is 4.84 Å². The van der Waals surface area contributed by atoms with Gasteiger partial charge in [-0.15, -0.1) is 0 Å². The van der Waals surface area contributed by atoms with Crippen LogP contribution in [-0.2, 0) is 14.4 Å². The maximum absolute atomic E-state index is 11.8. The zero-order valence-electron chi connectivity index (χ0n) is 8.60. The molecule has 82 valence electrons. The van der Waals surface area contributed by atoms with Crippen molar-refractivity contribution < 1.29 is 14.4 Å². The molecule has 0 aromatic rings. The Hall–Kier alpha value is -1.43. The number of carbonyl (C=O) groups is 2. The van der Waals surface area contributed by atoms with Gasteiger partial charge in [0.05, 0.1) is 13.2 Å². The molecule has 0 radical (unpaired) electrons. The van der Waals surface area contributed by atoms with Crippen molar-refractivity contribution in [3.05, 3.63) is 0 Å². The van der Waals surface area contributed by atoms with Crippen LogP contribution < -0.4 is 0 Å². The monoisotopic (exact) mass is 211 g/mol. The summed E-state index contributed by atoms with van der Waals surface area (Å²) in [6, 6.07) is 0. The van der Waals surface area contributed by atoms with Gasteiger partial charge in [0.15, 0.2) is 0 Å². The van der Waals surface area contributed by atoms with Gasteiger partial charge in [-0.05, 0) is 6.42 Å². The topological polar surface area (TPSA) is 62.2 Å². The molecule has 0 aromatic carbocycles. The molecule has 2 heterocycles. The molecule has 6 nitrogen and oxygen atoms in total. The van der Waals surface area contributed by atoms with E-state index >= 15 is 0 Å². The Kier molecular flexibility index (Phi) is 2.68. The van der Waals surface area contributed by atoms with Crippen LogP contribution in [0.15, 0.2) is 5.10 Å². The van der Waals surface area contributed by atoms with Crippen molar-refractivity contribution in [2.45, 2.75) is 19.3 Å². The first-order chi connectivity index (χ1) is 7.18. The average Bonchev–Trinajstić information content (AvgIpc) is 2.74. The van der Waals surface area contributed by atoms with Crippen LogP contribution >= 0.6 is 0 Å². The Morgan fingerprint density at radius 1 is 1.47 bits per heavy atom. The lowest BCUT2D eigenvalue weighted by Crippen LogP contribution is -2.38. The molecular formula is C9H13N3O3. The SMILES string of the molecule is CN1N=C(C(=O)N2CCCO2)CCC1=O. The zero-order valence-corrected chi connectivity index (χ0v) is 8.60. The molecule has 6 heteroatoms. The number of hydrazone groups is 1. The van der Waals surface area contributed by atoms with E-state index in [2.05, 4.69) is 5.10 Å². The number of hydroxylamine groups is 2. The lowest BCUT2D eigenvalue weighted by molar-refractivity contribution is -0.160. The molecule has 2 aliphatic heterocycles. The minimum Gasteiger partial charge on any atom is -0.273 e. The highest BCUT2D eigenvalue weighted by molar-refractivity contribution is 6.39. The van der Waals surface area contributed by atoms with Gasteiger partial charge in [-0.2, -0.15) is 5.10 Å². The maximum atomic E-state index is 11.8. The van der Waals surface area contributed by atoms with Gasteiger partial charge in [0, 0.05) is 19.9 Å². The highest BCUT2D eigenvalue weighted by Crippen LogP contribution is 2.12. The molecule has 0 unspecified atom stereocenters. The molecule has 0 saturated carbocycles. The van der Waals surface area contributed by atoms with Crippen molar-refractivity contribution in [3.8, 4) is 0 Å². The molecule has 1 fully saturated rings. The third-order valence-corrected chi connectivity index (χ3v) is 2.43. The summed E-state index contributed by atoms with van der Waals surface area (Å²) < 4.78 is 0. The van der Waals surface area contributed by atoms with Crippen molar-refractivity contribution in [1.82, 2.24) is 10.1 Å². The minimum atomic E-state index is -0.216. The first-order valence-corrected chi connectivity index (χ1v) is 4.97. The molecule has 2 amide bonds. The van der Waals surface area contributed by atoms with Gasteiger partial charge in [0.25, 0.3) is 5.91 Å². The Morgan fingerprint density at radius 2 is 2.27 bits per heavy atom. The first kappa shape index (κ1) is 10.1. The first-order valence-electron chi connectivity index (χ1n) is 4.97. The van der Waals surface area contributed by atoms with Gasteiger partial charge >= 0.3 is 0 Å². The fourth-order valence-electron chi connectivity index (χ4n) is 1.58. The molecule has 0 spiro atoms. The minimum absolute atomic E-state index is 0.0612. The van der Waals surface area contributed by atoms with E-state index in [1.165, 1.54) is 10.1 Å². The van der Waals surface area contributed by atoms with Gasteiger partial charge in [-0.3, -0.25) is 14.4 Å². The van der Waals surface area contributed by atoms with E-state index in [9.17, 15) is 9.59 Å². The van der Waals surface area contributed by atoms with Crippen LogP contribution in [0.4, 0.5) is 0 Å². The molecule has 0 aliphatic carbocycles. The highest BCUT2D eigenvalue weighted by atomic mass is 16.7. The summed E-state index contributed by atoms with van der Waals surface area (Å²) in [5.41, 5.74) is 0.402. The van der Waals surface area contributed by atoms with E-state index in [0.29, 0.717) is 31.7 Å². The van der Waals surface area contributed by atoms with E-state index in [1.54, 1.807) is 7.05 Å². The summed E-state index contributed by atoms with van der Waals surface area (Å²) in [5.74, 6) is -0.277. The van der Waals surface area contributed by atoms with Crippen LogP contribution in [0.2, 0.25) is 0 Å². The average molecular weight is 211 g/mol. The molecule has 2 rings (SSSR count). The molecule has 1 saturated heterocycles. The quantitative estimate of drug-likeness (QED) is 0.601. The van der Waals surface area contributed by atoms with Crippen molar-refractivity contribution in [3.63, 3.8) is 0 Å². The van der Waals surface area contributed by atoms with Crippen LogP contribution in [-0.4, -0.2) is 47.8 Å². The molecule has 0 aromatic heterocycles. The standard InChI is InChI=1S/C9H13N3O3/c1-11-8(13)4-3-7(10-11)9(14)12-5-2-6-15-12/h2-6H2,1H3. The zero-order chi connectivity index (χ0) is 10.8. The number of carbonyl (C=O) groups excluding carboxylic acids is 2. The van der Waals surface area contributed by atoms with Crippen LogP contribution in [0.1, 0.15) is 19.3 Å². The lowest BCUT2D eigenvalue weighted by atomic mass is 10.1. The number of amides is 2. The third kappa shape index (κ3) is 1.99. The molecule has 0 atom stereocenters. The Bertz CT molecular complexity index is 321. The lowest BCUT2D eigenvalue weighted by Gasteiger charge is -2.21. The fourth-order valence-corrected chi connectivity index (χ4v) is 1.58. The molecule has 15 heavy (non-hydrogen) atoms. The summed E-state index contributed by atoms with van der Waals surface area (Å²) in [4.78, 5) is 28.1. The van der Waals surface area contributed by atoms with Crippen LogP contribution in [0.3, 0.4) is 0 Å². The van der Waals surface area contributed by atoms with Gasteiger partial charge in [0.2, 0.25) is 5.91 Å². The second-order valence-corrected chi connectivity index (χ2v) is 3.56. The molecule has 2 aliphatic rings. The predicted molar refractivity (Wildman–Crippen MR) is 51.7 cm³/mol. The van der Waals surface area contributed by atoms with Crippen molar-refractivity contribution >= 4 is 17.5 Å². The number of nitrogens with zero attached hydrogens (tertiary/aromatic N) is 3. The van der Waals surface area contributed by atoms with Crippen LogP contribution in [0.25, 0.3) is 0 Å². The van der Waals surface area contributed by atoms with Crippen molar-refractivity contribution in [2.75, 3.05) is 20.2 Å². The second kappa shape index (κ2) is 3.98. The molecular weight excluding hydrogens is 198 g/mol. The molecule has 0 bridgehead atoms. The predicted octanol–water partition coefficient (Wildman–Crippen LogP) is -0.242. The number of rotatable bonds is 1. The van der Waals surface area contributed by atoms with E-state index in [1.807, 2.05) is 0 Å². The number of hydrogen-bond donors (Lipinski definition) is 0. The summed E-state index contributed by atoms with van der Waals surface area (Å²) in [5, 5.41) is 6.47. The molecule has 0 N–H and O–H groups in total.